The van der Waals surface area contributed by atoms with Gasteiger partial charge in [-0.15, -0.1) is 11.3 Å². The first kappa shape index (κ1) is 17.2. The molecule has 1 aromatic carbocycles. The van der Waals surface area contributed by atoms with Gasteiger partial charge in [0.1, 0.15) is 5.01 Å². The van der Waals surface area contributed by atoms with Crippen LogP contribution in [0.3, 0.4) is 0 Å². The maximum Gasteiger partial charge on any atom is 0.325 e. The number of imide groups is 1. The van der Waals surface area contributed by atoms with Gasteiger partial charge in [0.2, 0.25) is 0 Å². The SMILES string of the molecule is CN1C(=O)NC(=O)C2C1N=C(Sc1nc3ccccc3[nH]1)N2Cc1nccs1. The van der Waals surface area contributed by atoms with Crippen LogP contribution >= 0.6 is 23.1 Å². The molecule has 2 aliphatic rings. The molecule has 142 valence electrons. The molecule has 28 heavy (non-hydrogen) atoms. The molecule has 11 heteroatoms. The van der Waals surface area contributed by atoms with E-state index in [1.807, 2.05) is 34.5 Å². The Morgan fingerprint density at radius 1 is 1.29 bits per heavy atom. The molecular weight excluding hydrogens is 398 g/mol. The highest BCUT2D eigenvalue weighted by Gasteiger charge is 2.49. The van der Waals surface area contributed by atoms with Crippen molar-refractivity contribution >= 4 is 51.2 Å². The molecule has 3 aromatic rings. The molecule has 0 saturated carbocycles. The number of urea groups is 1. The molecule has 3 amide bonds. The van der Waals surface area contributed by atoms with Crippen LogP contribution < -0.4 is 5.32 Å². The first-order valence-corrected chi connectivity index (χ1v) is 10.2. The van der Waals surface area contributed by atoms with Crippen LogP contribution in [0.2, 0.25) is 0 Å². The van der Waals surface area contributed by atoms with Crippen molar-refractivity contribution in [3.8, 4) is 0 Å². The third-order valence-corrected chi connectivity index (χ3v) is 6.34. The lowest BCUT2D eigenvalue weighted by molar-refractivity contribution is -0.127. The highest BCUT2D eigenvalue weighted by Crippen LogP contribution is 2.33. The van der Waals surface area contributed by atoms with Crippen LogP contribution in [-0.2, 0) is 11.3 Å². The van der Waals surface area contributed by atoms with Crippen LogP contribution in [0.1, 0.15) is 5.01 Å². The molecule has 2 aromatic heterocycles. The zero-order valence-electron chi connectivity index (χ0n) is 14.7. The average molecular weight is 413 g/mol. The largest absolute Gasteiger partial charge is 0.333 e. The second kappa shape index (κ2) is 6.60. The molecule has 4 heterocycles. The van der Waals surface area contributed by atoms with E-state index in [0.29, 0.717) is 16.9 Å². The molecule has 2 atom stereocenters. The van der Waals surface area contributed by atoms with Gasteiger partial charge in [-0.1, -0.05) is 12.1 Å². The Balaban J connectivity index is 1.50. The zero-order valence-corrected chi connectivity index (χ0v) is 16.3. The molecule has 9 nitrogen and oxygen atoms in total. The summed E-state index contributed by atoms with van der Waals surface area (Å²) in [7, 11) is 1.64. The Bertz CT molecular complexity index is 1060. The number of nitrogens with zero attached hydrogens (tertiary/aromatic N) is 5. The van der Waals surface area contributed by atoms with Crippen molar-refractivity contribution in [2.75, 3.05) is 7.05 Å². The number of rotatable bonds is 3. The summed E-state index contributed by atoms with van der Waals surface area (Å²) in [6.45, 7) is 0.431. The summed E-state index contributed by atoms with van der Waals surface area (Å²) >= 11 is 2.86. The molecule has 1 saturated heterocycles. The number of aliphatic imine (C=N–C) groups is 1. The van der Waals surface area contributed by atoms with E-state index in [4.69, 9.17) is 0 Å². The van der Waals surface area contributed by atoms with Crippen molar-refractivity contribution in [1.82, 2.24) is 30.1 Å². The number of amides is 3. The summed E-state index contributed by atoms with van der Waals surface area (Å²) in [5.41, 5.74) is 1.79. The number of H-pyrrole nitrogens is 1. The lowest BCUT2D eigenvalue weighted by Gasteiger charge is -2.35. The van der Waals surface area contributed by atoms with Gasteiger partial charge in [-0.05, 0) is 23.9 Å². The van der Waals surface area contributed by atoms with Crippen molar-refractivity contribution in [3.05, 3.63) is 40.8 Å². The molecule has 2 aliphatic heterocycles. The van der Waals surface area contributed by atoms with Gasteiger partial charge in [0.05, 0.1) is 17.6 Å². The van der Waals surface area contributed by atoms with Crippen molar-refractivity contribution in [2.45, 2.75) is 23.9 Å². The number of carbonyl (C=O) groups is 2. The summed E-state index contributed by atoms with van der Waals surface area (Å²) in [4.78, 5) is 44.8. The molecule has 2 N–H and O–H groups in total. The maximum atomic E-state index is 12.6. The monoisotopic (exact) mass is 413 g/mol. The lowest BCUT2D eigenvalue weighted by atomic mass is 10.1. The number of imidazole rings is 1. The van der Waals surface area contributed by atoms with Gasteiger partial charge in [0.15, 0.2) is 22.5 Å². The molecular formula is C17H15N7O2S2. The second-order valence-electron chi connectivity index (χ2n) is 6.39. The fourth-order valence-corrected chi connectivity index (χ4v) is 4.84. The van der Waals surface area contributed by atoms with Gasteiger partial charge in [-0.3, -0.25) is 10.1 Å². The number of carbonyl (C=O) groups excluding carboxylic acids is 2. The van der Waals surface area contributed by atoms with Crippen molar-refractivity contribution in [3.63, 3.8) is 0 Å². The van der Waals surface area contributed by atoms with Crippen LogP contribution in [-0.4, -0.2) is 61.1 Å². The number of nitrogens with one attached hydrogen (secondary N) is 2. The maximum absolute atomic E-state index is 12.6. The zero-order chi connectivity index (χ0) is 19.3. The van der Waals surface area contributed by atoms with E-state index in [1.54, 1.807) is 13.2 Å². The molecule has 5 rings (SSSR count). The average Bonchev–Trinajstić information content (AvgIpc) is 3.39. The van der Waals surface area contributed by atoms with E-state index in [-0.39, 0.29) is 5.91 Å². The molecule has 2 unspecified atom stereocenters. The Labute approximate surface area is 167 Å². The van der Waals surface area contributed by atoms with Gasteiger partial charge in [0, 0.05) is 18.6 Å². The Kier molecular flexibility index (Phi) is 4.05. The number of aromatic amines is 1. The molecule has 0 spiro atoms. The lowest BCUT2D eigenvalue weighted by Crippen LogP contribution is -2.63. The number of aromatic nitrogens is 3. The van der Waals surface area contributed by atoms with E-state index in [1.165, 1.54) is 28.0 Å². The standard InChI is InChI=1S/C17H15N7O2S2/c1-23-13-12(14(25)22-16(23)26)24(8-11-18-6-7-27-11)17(21-13)28-15-19-9-4-2-3-5-10(9)20-15/h2-7,12-13H,8H2,1H3,(H,19,20)(H,22,25,26). The third-order valence-electron chi connectivity index (χ3n) is 4.67. The number of hydrogen-bond acceptors (Lipinski definition) is 8. The molecule has 0 bridgehead atoms. The molecule has 0 aliphatic carbocycles. The minimum atomic E-state index is -0.599. The summed E-state index contributed by atoms with van der Waals surface area (Å²) in [6.07, 6.45) is 1.15. The number of likely N-dealkylation sites (N-methyl/N-ethyl adjacent to an activating group) is 1. The van der Waals surface area contributed by atoms with Gasteiger partial charge in [0.25, 0.3) is 5.91 Å². The number of para-hydroxylation sites is 2. The summed E-state index contributed by atoms with van der Waals surface area (Å²) in [5, 5.41) is 6.46. The van der Waals surface area contributed by atoms with Crippen molar-refractivity contribution in [1.29, 1.82) is 0 Å². The molecule has 1 fully saturated rings. The van der Waals surface area contributed by atoms with Gasteiger partial charge in [-0.2, -0.15) is 0 Å². The minimum Gasteiger partial charge on any atom is -0.333 e. The van der Waals surface area contributed by atoms with Crippen LogP contribution in [0, 0.1) is 0 Å². The quantitative estimate of drug-likeness (QED) is 0.679. The highest BCUT2D eigenvalue weighted by molar-refractivity contribution is 8.13. The van der Waals surface area contributed by atoms with E-state index < -0.39 is 18.2 Å². The fourth-order valence-electron chi connectivity index (χ4n) is 3.29. The number of fused-ring (bicyclic) bond motifs is 2. The Hall–Kier alpha value is -2.92. The predicted octanol–water partition coefficient (Wildman–Crippen LogP) is 1.86. The number of thiazole rings is 1. The Morgan fingerprint density at radius 3 is 2.93 bits per heavy atom. The molecule has 0 radical (unpaired) electrons. The predicted molar refractivity (Wildman–Crippen MR) is 106 cm³/mol. The van der Waals surface area contributed by atoms with E-state index in [2.05, 4.69) is 25.3 Å². The summed E-state index contributed by atoms with van der Waals surface area (Å²) < 4.78 is 0. The third kappa shape index (κ3) is 2.83. The number of hydrogen-bond donors (Lipinski definition) is 2. The number of thioether (sulfide) groups is 1. The van der Waals surface area contributed by atoms with Crippen molar-refractivity contribution < 1.29 is 9.59 Å². The van der Waals surface area contributed by atoms with Crippen LogP contribution in [0.15, 0.2) is 46.0 Å². The van der Waals surface area contributed by atoms with E-state index in [9.17, 15) is 9.59 Å². The smallest absolute Gasteiger partial charge is 0.325 e. The van der Waals surface area contributed by atoms with E-state index in [0.717, 1.165) is 16.0 Å². The van der Waals surface area contributed by atoms with E-state index >= 15 is 0 Å². The minimum absolute atomic E-state index is 0.353. The topological polar surface area (TPSA) is 107 Å². The first-order chi connectivity index (χ1) is 13.6. The number of amidine groups is 1. The summed E-state index contributed by atoms with van der Waals surface area (Å²) in [6, 6.07) is 6.71. The van der Waals surface area contributed by atoms with Gasteiger partial charge < -0.3 is 14.8 Å². The summed E-state index contributed by atoms with van der Waals surface area (Å²) in [5.74, 6) is -0.353. The second-order valence-corrected chi connectivity index (χ2v) is 8.33. The van der Waals surface area contributed by atoms with Crippen molar-refractivity contribution in [2.24, 2.45) is 4.99 Å². The fraction of sp³-hybridized carbons (Fsp3) is 0.235. The first-order valence-electron chi connectivity index (χ1n) is 8.53. The number of benzene rings is 1. The van der Waals surface area contributed by atoms with Gasteiger partial charge >= 0.3 is 6.03 Å². The van der Waals surface area contributed by atoms with Gasteiger partial charge in [-0.25, -0.2) is 19.8 Å². The Morgan fingerprint density at radius 2 is 2.14 bits per heavy atom. The highest BCUT2D eigenvalue weighted by atomic mass is 32.2. The van der Waals surface area contributed by atoms with Crippen LogP contribution in [0.5, 0.6) is 0 Å². The van der Waals surface area contributed by atoms with Crippen LogP contribution in [0.25, 0.3) is 11.0 Å². The normalized spacial score (nSPS) is 21.8. The van der Waals surface area contributed by atoms with Crippen LogP contribution in [0.4, 0.5) is 4.79 Å².